The number of aliphatic carboxylic acids is 1. The van der Waals surface area contributed by atoms with Crippen molar-refractivity contribution in [1.82, 2.24) is 9.78 Å². The van der Waals surface area contributed by atoms with Gasteiger partial charge in [0.05, 0.1) is 21.8 Å². The molecule has 1 unspecified atom stereocenters. The zero-order valence-electron chi connectivity index (χ0n) is 12.9. The number of carbonyl (C=O) groups is 1. The minimum absolute atomic E-state index is 0.451. The maximum absolute atomic E-state index is 11.8. The van der Waals surface area contributed by atoms with Crippen molar-refractivity contribution in [2.75, 3.05) is 0 Å². The lowest BCUT2D eigenvalue weighted by atomic mass is 9.76. The fraction of sp³-hybridized carbons (Fsp3) is 0.733. The number of halogens is 1. The fourth-order valence-electron chi connectivity index (χ4n) is 2.60. The van der Waals surface area contributed by atoms with E-state index < -0.39 is 11.4 Å². The van der Waals surface area contributed by atoms with Gasteiger partial charge in [-0.25, -0.2) is 0 Å². The van der Waals surface area contributed by atoms with Gasteiger partial charge >= 0.3 is 5.97 Å². The molecule has 0 saturated carbocycles. The number of unbranched alkanes of at least 4 members (excludes halogenated alkanes) is 1. The summed E-state index contributed by atoms with van der Waals surface area (Å²) in [7, 11) is 0. The standard InChI is InChI=1S/C15H25ClN2O2/c1-5-8-9-15(6-2,14(19)20)10-12-13(16)11(4)17-18(12)7-3/h5-10H2,1-4H3,(H,19,20). The predicted molar refractivity (Wildman–Crippen MR) is 81.2 cm³/mol. The molecular weight excluding hydrogens is 276 g/mol. The van der Waals surface area contributed by atoms with Crippen molar-refractivity contribution in [3.63, 3.8) is 0 Å². The lowest BCUT2D eigenvalue weighted by Crippen LogP contribution is -2.33. The van der Waals surface area contributed by atoms with Crippen LogP contribution in [0, 0.1) is 12.3 Å². The van der Waals surface area contributed by atoms with Gasteiger partial charge < -0.3 is 5.11 Å². The molecule has 0 saturated heterocycles. The smallest absolute Gasteiger partial charge is 0.310 e. The van der Waals surface area contributed by atoms with Crippen LogP contribution >= 0.6 is 11.6 Å². The van der Waals surface area contributed by atoms with E-state index in [1.165, 1.54) is 0 Å². The minimum atomic E-state index is -0.737. The van der Waals surface area contributed by atoms with Crippen LogP contribution in [0.25, 0.3) is 0 Å². The third kappa shape index (κ3) is 3.35. The molecule has 0 aliphatic rings. The van der Waals surface area contributed by atoms with Gasteiger partial charge in [-0.05, 0) is 26.7 Å². The number of hydrogen-bond donors (Lipinski definition) is 1. The first-order valence-electron chi connectivity index (χ1n) is 7.37. The monoisotopic (exact) mass is 300 g/mol. The molecule has 5 heteroatoms. The Bertz CT molecular complexity index is 471. The van der Waals surface area contributed by atoms with Gasteiger partial charge in [0.15, 0.2) is 0 Å². The number of carboxylic acid groups (broad SMARTS) is 1. The first-order chi connectivity index (χ1) is 9.41. The van der Waals surface area contributed by atoms with Crippen LogP contribution in [0.2, 0.25) is 5.02 Å². The van der Waals surface area contributed by atoms with Gasteiger partial charge in [0, 0.05) is 13.0 Å². The molecule has 0 amide bonds. The quantitative estimate of drug-likeness (QED) is 0.787. The molecule has 114 valence electrons. The third-order valence-corrected chi connectivity index (χ3v) is 4.59. The SMILES string of the molecule is CCCCC(CC)(Cc1c(Cl)c(C)nn1CC)C(=O)O. The Morgan fingerprint density at radius 3 is 2.50 bits per heavy atom. The summed E-state index contributed by atoms with van der Waals surface area (Å²) in [5, 5.41) is 14.7. The van der Waals surface area contributed by atoms with E-state index in [9.17, 15) is 9.90 Å². The lowest BCUT2D eigenvalue weighted by molar-refractivity contribution is -0.149. The molecule has 20 heavy (non-hydrogen) atoms. The van der Waals surface area contributed by atoms with E-state index in [2.05, 4.69) is 12.0 Å². The summed E-state index contributed by atoms with van der Waals surface area (Å²) >= 11 is 6.32. The summed E-state index contributed by atoms with van der Waals surface area (Å²) in [6.45, 7) is 8.58. The van der Waals surface area contributed by atoms with Crippen molar-refractivity contribution in [1.29, 1.82) is 0 Å². The summed E-state index contributed by atoms with van der Waals surface area (Å²) in [5.41, 5.74) is 0.889. The van der Waals surface area contributed by atoms with E-state index in [4.69, 9.17) is 11.6 Å². The lowest BCUT2D eigenvalue weighted by Gasteiger charge is -2.28. The Morgan fingerprint density at radius 1 is 1.40 bits per heavy atom. The molecule has 0 spiro atoms. The average molecular weight is 301 g/mol. The van der Waals surface area contributed by atoms with Crippen LogP contribution in [0.5, 0.6) is 0 Å². The third-order valence-electron chi connectivity index (χ3n) is 4.10. The van der Waals surface area contributed by atoms with Crippen LogP contribution in [-0.4, -0.2) is 20.9 Å². The van der Waals surface area contributed by atoms with Crippen LogP contribution in [0.4, 0.5) is 0 Å². The fourth-order valence-corrected chi connectivity index (χ4v) is 2.80. The second-order valence-electron chi connectivity index (χ2n) is 5.38. The van der Waals surface area contributed by atoms with Gasteiger partial charge in [0.1, 0.15) is 0 Å². The molecule has 1 aromatic rings. The van der Waals surface area contributed by atoms with Crippen molar-refractivity contribution in [3.8, 4) is 0 Å². The Balaban J connectivity index is 3.15. The van der Waals surface area contributed by atoms with Gasteiger partial charge in [0.2, 0.25) is 0 Å². The molecule has 1 atom stereocenters. The number of aromatic nitrogens is 2. The molecule has 0 radical (unpaired) electrons. The molecule has 0 fully saturated rings. The van der Waals surface area contributed by atoms with Gasteiger partial charge in [0.25, 0.3) is 0 Å². The van der Waals surface area contributed by atoms with E-state index in [1.807, 2.05) is 25.5 Å². The Hall–Kier alpha value is -1.03. The second-order valence-corrected chi connectivity index (χ2v) is 5.76. The van der Waals surface area contributed by atoms with Crippen LogP contribution in [0.1, 0.15) is 57.8 Å². The average Bonchev–Trinajstić information content (AvgIpc) is 2.70. The molecule has 1 N–H and O–H groups in total. The van der Waals surface area contributed by atoms with Crippen molar-refractivity contribution >= 4 is 17.6 Å². The number of aryl methyl sites for hydroxylation is 2. The first kappa shape index (κ1) is 17.0. The molecule has 4 nitrogen and oxygen atoms in total. The van der Waals surface area contributed by atoms with Gasteiger partial charge in [-0.15, -0.1) is 0 Å². The molecular formula is C15H25ClN2O2. The summed E-state index contributed by atoms with van der Waals surface area (Å²) in [5.74, 6) is -0.731. The van der Waals surface area contributed by atoms with E-state index in [0.29, 0.717) is 30.8 Å². The van der Waals surface area contributed by atoms with Crippen molar-refractivity contribution in [2.24, 2.45) is 5.41 Å². The van der Waals surface area contributed by atoms with Crippen LogP contribution < -0.4 is 0 Å². The van der Waals surface area contributed by atoms with Crippen LogP contribution in [0.15, 0.2) is 0 Å². The maximum atomic E-state index is 11.8. The topological polar surface area (TPSA) is 55.1 Å². The highest BCUT2D eigenvalue weighted by atomic mass is 35.5. The van der Waals surface area contributed by atoms with Crippen molar-refractivity contribution in [3.05, 3.63) is 16.4 Å². The Labute approximate surface area is 126 Å². The van der Waals surface area contributed by atoms with Crippen LogP contribution in [0.3, 0.4) is 0 Å². The van der Waals surface area contributed by atoms with Gasteiger partial charge in [-0.3, -0.25) is 9.48 Å². The number of rotatable bonds is 8. The highest BCUT2D eigenvalue weighted by Crippen LogP contribution is 2.36. The van der Waals surface area contributed by atoms with Crippen molar-refractivity contribution in [2.45, 2.75) is 66.3 Å². The summed E-state index contributed by atoms with van der Waals surface area (Å²) in [6, 6.07) is 0. The van der Waals surface area contributed by atoms with E-state index in [-0.39, 0.29) is 0 Å². The molecule has 0 aromatic carbocycles. The molecule has 1 aromatic heterocycles. The van der Waals surface area contributed by atoms with Crippen molar-refractivity contribution < 1.29 is 9.90 Å². The van der Waals surface area contributed by atoms with Crippen LogP contribution in [-0.2, 0) is 17.8 Å². The van der Waals surface area contributed by atoms with E-state index in [0.717, 1.165) is 24.2 Å². The van der Waals surface area contributed by atoms with E-state index >= 15 is 0 Å². The molecule has 1 heterocycles. The summed E-state index contributed by atoms with van der Waals surface area (Å²) < 4.78 is 1.83. The molecule has 0 aliphatic heterocycles. The zero-order chi connectivity index (χ0) is 15.3. The van der Waals surface area contributed by atoms with E-state index in [1.54, 1.807) is 0 Å². The molecule has 0 aliphatic carbocycles. The minimum Gasteiger partial charge on any atom is -0.481 e. The number of hydrogen-bond acceptors (Lipinski definition) is 2. The summed E-state index contributed by atoms with van der Waals surface area (Å²) in [4.78, 5) is 11.8. The second kappa shape index (κ2) is 7.11. The van der Waals surface area contributed by atoms with Gasteiger partial charge in [-0.2, -0.15) is 5.10 Å². The van der Waals surface area contributed by atoms with Gasteiger partial charge in [-0.1, -0.05) is 38.3 Å². The maximum Gasteiger partial charge on any atom is 0.310 e. The zero-order valence-corrected chi connectivity index (χ0v) is 13.6. The molecule has 0 bridgehead atoms. The Morgan fingerprint density at radius 2 is 2.05 bits per heavy atom. The highest BCUT2D eigenvalue weighted by molar-refractivity contribution is 6.31. The highest BCUT2D eigenvalue weighted by Gasteiger charge is 2.38. The number of carboxylic acids is 1. The largest absolute Gasteiger partial charge is 0.481 e. The first-order valence-corrected chi connectivity index (χ1v) is 7.74. The predicted octanol–water partition coefficient (Wildman–Crippen LogP) is 4.08. The molecule has 1 rings (SSSR count). The normalized spacial score (nSPS) is 14.2. The number of nitrogens with zero attached hydrogens (tertiary/aromatic N) is 2. The Kier molecular flexibility index (Phi) is 6.06. The summed E-state index contributed by atoms with van der Waals surface area (Å²) in [6.07, 6.45) is 3.64.